The molecule has 0 amide bonds. The van der Waals surface area contributed by atoms with Crippen molar-refractivity contribution in [3.8, 4) is 5.75 Å². The number of halogens is 1. The van der Waals surface area contributed by atoms with E-state index in [1.54, 1.807) is 13.2 Å². The molecule has 0 aliphatic carbocycles. The van der Waals surface area contributed by atoms with Gasteiger partial charge >= 0.3 is 0 Å². The minimum Gasteiger partial charge on any atom is -0.495 e. The quantitative estimate of drug-likeness (QED) is 0.807. The van der Waals surface area contributed by atoms with Gasteiger partial charge < -0.3 is 10.5 Å². The van der Waals surface area contributed by atoms with Crippen molar-refractivity contribution in [1.82, 2.24) is 0 Å². The molecule has 1 aromatic rings. The summed E-state index contributed by atoms with van der Waals surface area (Å²) in [6.45, 7) is 0.533. The number of hydrogen-bond donors (Lipinski definition) is 1. The average molecular weight is 198 g/mol. The predicted molar refractivity (Wildman–Crippen MR) is 56.1 cm³/mol. The van der Waals surface area contributed by atoms with Crippen LogP contribution < -0.4 is 10.5 Å². The second-order valence-electron chi connectivity index (χ2n) is 2.53. The number of rotatable bonds is 3. The first-order valence-corrected chi connectivity index (χ1v) is 4.36. The van der Waals surface area contributed by atoms with Gasteiger partial charge in [-0.2, -0.15) is 0 Å². The summed E-state index contributed by atoms with van der Waals surface area (Å²) in [6.07, 6.45) is 3.81. The summed E-state index contributed by atoms with van der Waals surface area (Å²) in [6, 6.07) is 5.59. The van der Waals surface area contributed by atoms with Gasteiger partial charge in [-0.05, 0) is 17.7 Å². The summed E-state index contributed by atoms with van der Waals surface area (Å²) in [4.78, 5) is 0. The maximum atomic E-state index is 5.86. The second kappa shape index (κ2) is 4.90. The first-order valence-electron chi connectivity index (χ1n) is 3.98. The van der Waals surface area contributed by atoms with Crippen molar-refractivity contribution in [2.75, 3.05) is 13.7 Å². The lowest BCUT2D eigenvalue weighted by molar-refractivity contribution is 0.415. The molecule has 3 heteroatoms. The van der Waals surface area contributed by atoms with Gasteiger partial charge in [0.25, 0.3) is 0 Å². The molecular formula is C10H12ClNO. The largest absolute Gasteiger partial charge is 0.495 e. The summed E-state index contributed by atoms with van der Waals surface area (Å²) < 4.78 is 5.07. The molecule has 0 atom stereocenters. The van der Waals surface area contributed by atoms with Gasteiger partial charge in [-0.15, -0.1) is 0 Å². The number of hydrogen-bond acceptors (Lipinski definition) is 2. The molecule has 0 unspecified atom stereocenters. The molecule has 13 heavy (non-hydrogen) atoms. The molecular weight excluding hydrogens is 186 g/mol. The standard InChI is InChI=1S/C10H12ClNO/c1-13-10-7-8(3-2-6-12)4-5-9(10)11/h2-5,7H,6,12H2,1H3/b3-2+. The Balaban J connectivity index is 2.92. The van der Waals surface area contributed by atoms with E-state index in [0.29, 0.717) is 17.3 Å². The molecule has 70 valence electrons. The molecule has 0 bridgehead atoms. The third-order valence-electron chi connectivity index (χ3n) is 1.62. The van der Waals surface area contributed by atoms with Crippen LogP contribution in [0.2, 0.25) is 5.02 Å². The number of methoxy groups -OCH3 is 1. The molecule has 0 heterocycles. The van der Waals surface area contributed by atoms with Crippen LogP contribution in [0.3, 0.4) is 0 Å². The van der Waals surface area contributed by atoms with E-state index < -0.39 is 0 Å². The Hall–Kier alpha value is -0.990. The fraction of sp³-hybridized carbons (Fsp3) is 0.200. The summed E-state index contributed by atoms with van der Waals surface area (Å²) >= 11 is 5.86. The normalized spacial score (nSPS) is 10.7. The molecule has 0 saturated heterocycles. The maximum absolute atomic E-state index is 5.86. The molecule has 2 N–H and O–H groups in total. The summed E-state index contributed by atoms with van der Waals surface area (Å²) in [5, 5.41) is 0.618. The fourth-order valence-electron chi connectivity index (χ4n) is 0.984. The molecule has 0 aromatic heterocycles. The van der Waals surface area contributed by atoms with Crippen molar-refractivity contribution >= 4 is 17.7 Å². The van der Waals surface area contributed by atoms with Crippen molar-refractivity contribution in [3.05, 3.63) is 34.9 Å². The zero-order valence-electron chi connectivity index (χ0n) is 7.46. The molecule has 0 saturated carbocycles. The van der Waals surface area contributed by atoms with Crippen LogP contribution >= 0.6 is 11.6 Å². The molecule has 1 rings (SSSR count). The molecule has 0 aliphatic heterocycles. The van der Waals surface area contributed by atoms with E-state index in [9.17, 15) is 0 Å². The van der Waals surface area contributed by atoms with Gasteiger partial charge in [0.05, 0.1) is 12.1 Å². The van der Waals surface area contributed by atoms with Crippen molar-refractivity contribution in [3.63, 3.8) is 0 Å². The van der Waals surface area contributed by atoms with E-state index in [1.165, 1.54) is 0 Å². The van der Waals surface area contributed by atoms with E-state index in [2.05, 4.69) is 0 Å². The smallest absolute Gasteiger partial charge is 0.138 e. The predicted octanol–water partition coefficient (Wildman–Crippen LogP) is 2.32. The lowest BCUT2D eigenvalue weighted by Crippen LogP contribution is -1.92. The topological polar surface area (TPSA) is 35.2 Å². The van der Waals surface area contributed by atoms with Gasteiger partial charge in [0.15, 0.2) is 0 Å². The zero-order valence-corrected chi connectivity index (χ0v) is 8.21. The van der Waals surface area contributed by atoms with Crippen LogP contribution in [0.1, 0.15) is 5.56 Å². The highest BCUT2D eigenvalue weighted by Gasteiger charge is 1.98. The van der Waals surface area contributed by atoms with Gasteiger partial charge in [0, 0.05) is 6.54 Å². The molecule has 0 spiro atoms. The van der Waals surface area contributed by atoms with E-state index in [-0.39, 0.29) is 0 Å². The third-order valence-corrected chi connectivity index (χ3v) is 1.93. The van der Waals surface area contributed by atoms with E-state index in [4.69, 9.17) is 22.1 Å². The van der Waals surface area contributed by atoms with Crippen molar-refractivity contribution in [1.29, 1.82) is 0 Å². The van der Waals surface area contributed by atoms with Gasteiger partial charge in [0.1, 0.15) is 5.75 Å². The van der Waals surface area contributed by atoms with Crippen LogP contribution in [0.5, 0.6) is 5.75 Å². The summed E-state index contributed by atoms with van der Waals surface area (Å²) in [5.74, 6) is 0.681. The highest BCUT2D eigenvalue weighted by molar-refractivity contribution is 6.32. The van der Waals surface area contributed by atoms with Crippen LogP contribution in [-0.4, -0.2) is 13.7 Å². The Kier molecular flexibility index (Phi) is 3.80. The van der Waals surface area contributed by atoms with Crippen LogP contribution in [0.15, 0.2) is 24.3 Å². The minimum atomic E-state index is 0.533. The van der Waals surface area contributed by atoms with Gasteiger partial charge in [-0.25, -0.2) is 0 Å². The molecule has 0 aliphatic rings. The van der Waals surface area contributed by atoms with Crippen LogP contribution in [0, 0.1) is 0 Å². The van der Waals surface area contributed by atoms with Gasteiger partial charge in [-0.1, -0.05) is 29.8 Å². The Bertz CT molecular complexity index is 310. The molecule has 1 aromatic carbocycles. The van der Waals surface area contributed by atoms with Crippen LogP contribution in [0.25, 0.3) is 6.08 Å². The number of ether oxygens (including phenoxy) is 1. The highest BCUT2D eigenvalue weighted by Crippen LogP contribution is 2.25. The Morgan fingerprint density at radius 2 is 2.31 bits per heavy atom. The van der Waals surface area contributed by atoms with Crippen molar-refractivity contribution in [2.24, 2.45) is 5.73 Å². The minimum absolute atomic E-state index is 0.533. The lowest BCUT2D eigenvalue weighted by Gasteiger charge is -2.03. The fourth-order valence-corrected chi connectivity index (χ4v) is 1.18. The monoisotopic (exact) mass is 197 g/mol. The molecule has 2 nitrogen and oxygen atoms in total. The zero-order chi connectivity index (χ0) is 9.68. The maximum Gasteiger partial charge on any atom is 0.138 e. The first-order chi connectivity index (χ1) is 6.27. The average Bonchev–Trinajstić information content (AvgIpc) is 2.16. The van der Waals surface area contributed by atoms with Crippen LogP contribution in [-0.2, 0) is 0 Å². The molecule has 0 fully saturated rings. The summed E-state index contributed by atoms with van der Waals surface area (Å²) in [5.41, 5.74) is 6.37. The van der Waals surface area contributed by atoms with Gasteiger partial charge in [0.2, 0.25) is 0 Å². The Labute approximate surface area is 83.0 Å². The Morgan fingerprint density at radius 3 is 2.92 bits per heavy atom. The van der Waals surface area contributed by atoms with E-state index in [1.807, 2.05) is 24.3 Å². The number of nitrogens with two attached hydrogens (primary N) is 1. The Morgan fingerprint density at radius 1 is 1.54 bits per heavy atom. The lowest BCUT2D eigenvalue weighted by atomic mass is 10.2. The van der Waals surface area contributed by atoms with Crippen molar-refractivity contribution < 1.29 is 4.74 Å². The first kappa shape index (κ1) is 10.1. The van der Waals surface area contributed by atoms with Crippen molar-refractivity contribution in [2.45, 2.75) is 0 Å². The highest BCUT2D eigenvalue weighted by atomic mass is 35.5. The third kappa shape index (κ3) is 2.76. The number of benzene rings is 1. The van der Waals surface area contributed by atoms with Gasteiger partial charge in [-0.3, -0.25) is 0 Å². The van der Waals surface area contributed by atoms with Crippen LogP contribution in [0.4, 0.5) is 0 Å². The van der Waals surface area contributed by atoms with E-state index in [0.717, 1.165) is 5.56 Å². The van der Waals surface area contributed by atoms with E-state index >= 15 is 0 Å². The summed E-state index contributed by atoms with van der Waals surface area (Å²) in [7, 11) is 1.59. The second-order valence-corrected chi connectivity index (χ2v) is 2.94. The SMILES string of the molecule is COc1cc(/C=C/CN)ccc1Cl. The molecule has 0 radical (unpaired) electrons.